The molecule has 0 aromatic heterocycles. The highest BCUT2D eigenvalue weighted by Gasteiger charge is 2.05. The van der Waals surface area contributed by atoms with Crippen LogP contribution in [0.4, 0.5) is 0 Å². The first kappa shape index (κ1) is 10.2. The van der Waals surface area contributed by atoms with Crippen molar-refractivity contribution < 1.29 is 4.79 Å². The van der Waals surface area contributed by atoms with Gasteiger partial charge in [-0.25, -0.2) is 0 Å². The zero-order valence-corrected chi connectivity index (χ0v) is 7.68. The molecule has 0 bridgehead atoms. The summed E-state index contributed by atoms with van der Waals surface area (Å²) in [5.74, 6) is 0.204. The Hall–Kier alpha value is -0.790. The summed E-state index contributed by atoms with van der Waals surface area (Å²) in [6.07, 6.45) is 1.56. The highest BCUT2D eigenvalue weighted by Crippen LogP contribution is 1.97. The van der Waals surface area contributed by atoms with Gasteiger partial charge in [-0.05, 0) is 13.3 Å². The second-order valence-corrected chi connectivity index (χ2v) is 2.96. The molecule has 11 heavy (non-hydrogen) atoms. The van der Waals surface area contributed by atoms with E-state index in [1.165, 1.54) is 0 Å². The molecule has 0 rings (SSSR count). The third kappa shape index (κ3) is 4.59. The van der Waals surface area contributed by atoms with Crippen LogP contribution in [0.5, 0.6) is 0 Å². The molecule has 1 amide bonds. The average Bonchev–Trinajstić information content (AvgIpc) is 1.86. The minimum absolute atomic E-state index is 0.204. The lowest BCUT2D eigenvalue weighted by atomic mass is 10.3. The van der Waals surface area contributed by atoms with Crippen LogP contribution in [0.25, 0.3) is 0 Å². The van der Waals surface area contributed by atoms with E-state index in [1.54, 1.807) is 4.90 Å². The number of carbonyl (C=O) groups excluding carboxylic acids is 1. The van der Waals surface area contributed by atoms with Crippen molar-refractivity contribution in [3.63, 3.8) is 0 Å². The van der Waals surface area contributed by atoms with E-state index in [0.29, 0.717) is 13.0 Å². The second-order valence-electron chi connectivity index (χ2n) is 2.96. The standard InChI is InChI=1S/C9H17NO/c1-5-6-9(11)10(4)7-8(2)3/h2,5-7H2,1,3-4H3. The fraction of sp³-hybridized carbons (Fsp3) is 0.667. The van der Waals surface area contributed by atoms with Gasteiger partial charge in [0, 0.05) is 20.0 Å². The van der Waals surface area contributed by atoms with E-state index in [-0.39, 0.29) is 5.91 Å². The van der Waals surface area contributed by atoms with E-state index in [1.807, 2.05) is 20.9 Å². The molecule has 64 valence electrons. The van der Waals surface area contributed by atoms with E-state index in [2.05, 4.69) is 6.58 Å². The zero-order valence-electron chi connectivity index (χ0n) is 7.68. The molecule has 2 nitrogen and oxygen atoms in total. The maximum absolute atomic E-state index is 11.2. The largest absolute Gasteiger partial charge is 0.342 e. The van der Waals surface area contributed by atoms with Crippen LogP contribution < -0.4 is 0 Å². The van der Waals surface area contributed by atoms with E-state index >= 15 is 0 Å². The Morgan fingerprint density at radius 1 is 1.55 bits per heavy atom. The number of hydrogen-bond donors (Lipinski definition) is 0. The number of hydrogen-bond acceptors (Lipinski definition) is 1. The predicted molar refractivity (Wildman–Crippen MR) is 47.4 cm³/mol. The summed E-state index contributed by atoms with van der Waals surface area (Å²) in [5.41, 5.74) is 1.02. The topological polar surface area (TPSA) is 20.3 Å². The molecular weight excluding hydrogens is 138 g/mol. The van der Waals surface area contributed by atoms with Gasteiger partial charge >= 0.3 is 0 Å². The molecule has 2 heteroatoms. The summed E-state index contributed by atoms with van der Waals surface area (Å²) < 4.78 is 0. The van der Waals surface area contributed by atoms with E-state index in [9.17, 15) is 4.79 Å². The molecule has 0 aliphatic heterocycles. The fourth-order valence-corrected chi connectivity index (χ4v) is 0.898. The Morgan fingerprint density at radius 2 is 2.09 bits per heavy atom. The smallest absolute Gasteiger partial charge is 0.222 e. The average molecular weight is 155 g/mol. The quantitative estimate of drug-likeness (QED) is 0.567. The molecule has 0 aromatic carbocycles. The van der Waals surface area contributed by atoms with Crippen LogP contribution >= 0.6 is 0 Å². The first-order chi connectivity index (χ1) is 5.07. The molecule has 0 atom stereocenters. The van der Waals surface area contributed by atoms with Crippen molar-refractivity contribution in [3.05, 3.63) is 12.2 Å². The van der Waals surface area contributed by atoms with Crippen LogP contribution in [0, 0.1) is 0 Å². The molecule has 0 fully saturated rings. The monoisotopic (exact) mass is 155 g/mol. The lowest BCUT2D eigenvalue weighted by Crippen LogP contribution is -2.27. The SMILES string of the molecule is C=C(C)CN(C)C(=O)CCC. The van der Waals surface area contributed by atoms with Crippen molar-refractivity contribution in [2.75, 3.05) is 13.6 Å². The molecular formula is C9H17NO. The van der Waals surface area contributed by atoms with Crippen molar-refractivity contribution in [1.29, 1.82) is 0 Å². The van der Waals surface area contributed by atoms with Gasteiger partial charge in [-0.2, -0.15) is 0 Å². The van der Waals surface area contributed by atoms with Gasteiger partial charge < -0.3 is 4.90 Å². The van der Waals surface area contributed by atoms with Crippen molar-refractivity contribution in [1.82, 2.24) is 4.90 Å². The Balaban J connectivity index is 3.73. The molecule has 0 spiro atoms. The van der Waals surface area contributed by atoms with Gasteiger partial charge in [0.2, 0.25) is 5.91 Å². The second kappa shape index (κ2) is 4.94. The summed E-state index contributed by atoms with van der Waals surface area (Å²) in [6.45, 7) is 8.36. The Kier molecular flexibility index (Phi) is 4.59. The van der Waals surface area contributed by atoms with Crippen LogP contribution in [0.3, 0.4) is 0 Å². The number of likely N-dealkylation sites (N-methyl/N-ethyl adjacent to an activating group) is 1. The highest BCUT2D eigenvalue weighted by atomic mass is 16.2. The lowest BCUT2D eigenvalue weighted by Gasteiger charge is -2.16. The minimum atomic E-state index is 0.204. The molecule has 0 radical (unpaired) electrons. The van der Waals surface area contributed by atoms with Crippen LogP contribution in [-0.4, -0.2) is 24.4 Å². The normalized spacial score (nSPS) is 9.36. The maximum atomic E-state index is 11.2. The third-order valence-electron chi connectivity index (χ3n) is 1.40. The molecule has 0 aliphatic carbocycles. The van der Waals surface area contributed by atoms with Crippen molar-refractivity contribution in [3.8, 4) is 0 Å². The van der Waals surface area contributed by atoms with Crippen molar-refractivity contribution in [2.24, 2.45) is 0 Å². The first-order valence-electron chi connectivity index (χ1n) is 3.96. The zero-order chi connectivity index (χ0) is 8.85. The molecule has 0 saturated carbocycles. The Morgan fingerprint density at radius 3 is 2.45 bits per heavy atom. The lowest BCUT2D eigenvalue weighted by molar-refractivity contribution is -0.129. The van der Waals surface area contributed by atoms with E-state index in [0.717, 1.165) is 12.0 Å². The van der Waals surface area contributed by atoms with Gasteiger partial charge in [0.15, 0.2) is 0 Å². The molecule has 0 aromatic rings. The number of nitrogens with zero attached hydrogens (tertiary/aromatic N) is 1. The van der Waals surface area contributed by atoms with Gasteiger partial charge in [-0.1, -0.05) is 19.1 Å². The molecule has 0 unspecified atom stereocenters. The van der Waals surface area contributed by atoms with E-state index < -0.39 is 0 Å². The first-order valence-corrected chi connectivity index (χ1v) is 3.96. The van der Waals surface area contributed by atoms with Crippen LogP contribution in [0.2, 0.25) is 0 Å². The predicted octanol–water partition coefficient (Wildman–Crippen LogP) is 1.82. The summed E-state index contributed by atoms with van der Waals surface area (Å²) >= 11 is 0. The summed E-state index contributed by atoms with van der Waals surface area (Å²) in [5, 5.41) is 0. The van der Waals surface area contributed by atoms with Gasteiger partial charge in [0.25, 0.3) is 0 Å². The van der Waals surface area contributed by atoms with Gasteiger partial charge in [0.05, 0.1) is 0 Å². The Bertz CT molecular complexity index is 152. The molecule has 0 saturated heterocycles. The minimum Gasteiger partial charge on any atom is -0.342 e. The molecule has 0 N–H and O–H groups in total. The third-order valence-corrected chi connectivity index (χ3v) is 1.40. The summed E-state index contributed by atoms with van der Waals surface area (Å²) in [7, 11) is 1.81. The van der Waals surface area contributed by atoms with Crippen molar-refractivity contribution in [2.45, 2.75) is 26.7 Å². The highest BCUT2D eigenvalue weighted by molar-refractivity contribution is 5.75. The van der Waals surface area contributed by atoms with Crippen LogP contribution in [0.1, 0.15) is 26.7 Å². The van der Waals surface area contributed by atoms with Crippen LogP contribution in [0.15, 0.2) is 12.2 Å². The number of rotatable bonds is 4. The number of carbonyl (C=O) groups is 1. The summed E-state index contributed by atoms with van der Waals surface area (Å²) in [6, 6.07) is 0. The summed E-state index contributed by atoms with van der Waals surface area (Å²) in [4.78, 5) is 12.9. The maximum Gasteiger partial charge on any atom is 0.222 e. The van der Waals surface area contributed by atoms with E-state index in [4.69, 9.17) is 0 Å². The van der Waals surface area contributed by atoms with Crippen LogP contribution in [-0.2, 0) is 4.79 Å². The van der Waals surface area contributed by atoms with Gasteiger partial charge in [-0.15, -0.1) is 0 Å². The van der Waals surface area contributed by atoms with Gasteiger partial charge in [0.1, 0.15) is 0 Å². The van der Waals surface area contributed by atoms with Crippen molar-refractivity contribution >= 4 is 5.91 Å². The number of amides is 1. The molecule has 0 aliphatic rings. The fourth-order valence-electron chi connectivity index (χ4n) is 0.898. The van der Waals surface area contributed by atoms with Gasteiger partial charge in [-0.3, -0.25) is 4.79 Å². The molecule has 0 heterocycles. The Labute approximate surface area is 68.9 Å².